The number of benzene rings is 1. The summed E-state index contributed by atoms with van der Waals surface area (Å²) < 4.78 is 0. The Hall–Kier alpha value is -1.26. The summed E-state index contributed by atoms with van der Waals surface area (Å²) in [6.07, 6.45) is 2.42. The second-order valence-electron chi connectivity index (χ2n) is 5.44. The zero-order valence-electron chi connectivity index (χ0n) is 11.7. The SMILES string of the molecule is Cc1ccc(Cl)c(NC(=O)C2CCCC(C(=O)O)C2)c1Cl. The quantitative estimate of drug-likeness (QED) is 0.876. The zero-order valence-corrected chi connectivity index (χ0v) is 13.2. The van der Waals surface area contributed by atoms with Crippen LogP contribution >= 0.6 is 23.2 Å². The van der Waals surface area contributed by atoms with Gasteiger partial charge in [-0.2, -0.15) is 0 Å². The molecule has 0 radical (unpaired) electrons. The molecule has 1 amide bonds. The van der Waals surface area contributed by atoms with E-state index in [2.05, 4.69) is 5.32 Å². The molecule has 114 valence electrons. The Labute approximate surface area is 133 Å². The van der Waals surface area contributed by atoms with E-state index in [9.17, 15) is 9.59 Å². The molecule has 0 aromatic heterocycles. The van der Waals surface area contributed by atoms with E-state index in [-0.39, 0.29) is 11.8 Å². The first kappa shape index (κ1) is 16.1. The molecule has 0 spiro atoms. The van der Waals surface area contributed by atoms with Gasteiger partial charge in [0, 0.05) is 5.92 Å². The van der Waals surface area contributed by atoms with Gasteiger partial charge >= 0.3 is 5.97 Å². The molecule has 1 aliphatic carbocycles. The maximum Gasteiger partial charge on any atom is 0.306 e. The fraction of sp³-hybridized carbons (Fsp3) is 0.467. The molecule has 2 unspecified atom stereocenters. The molecule has 1 fully saturated rings. The second kappa shape index (κ2) is 6.67. The van der Waals surface area contributed by atoms with Gasteiger partial charge in [-0.1, -0.05) is 35.7 Å². The monoisotopic (exact) mass is 329 g/mol. The highest BCUT2D eigenvalue weighted by Gasteiger charge is 2.31. The number of anilines is 1. The maximum absolute atomic E-state index is 12.3. The number of nitrogens with one attached hydrogen (secondary N) is 1. The lowest BCUT2D eigenvalue weighted by molar-refractivity contribution is -0.143. The van der Waals surface area contributed by atoms with Crippen LogP contribution in [0.25, 0.3) is 0 Å². The van der Waals surface area contributed by atoms with Crippen molar-refractivity contribution in [1.82, 2.24) is 0 Å². The summed E-state index contributed by atoms with van der Waals surface area (Å²) in [6.45, 7) is 1.83. The first-order valence-electron chi connectivity index (χ1n) is 6.88. The van der Waals surface area contributed by atoms with E-state index in [0.29, 0.717) is 35.0 Å². The number of rotatable bonds is 3. The van der Waals surface area contributed by atoms with Crippen molar-refractivity contribution in [2.75, 3.05) is 5.32 Å². The van der Waals surface area contributed by atoms with Crippen LogP contribution in [-0.2, 0) is 9.59 Å². The van der Waals surface area contributed by atoms with Crippen molar-refractivity contribution in [2.45, 2.75) is 32.6 Å². The predicted octanol–water partition coefficient (Wildman–Crippen LogP) is 4.13. The van der Waals surface area contributed by atoms with Crippen molar-refractivity contribution in [2.24, 2.45) is 11.8 Å². The Morgan fingerprint density at radius 2 is 1.90 bits per heavy atom. The van der Waals surface area contributed by atoms with Gasteiger partial charge in [-0.15, -0.1) is 0 Å². The average Bonchev–Trinajstić information content (AvgIpc) is 2.47. The van der Waals surface area contributed by atoms with Gasteiger partial charge in [0.15, 0.2) is 0 Å². The van der Waals surface area contributed by atoms with Crippen LogP contribution in [0.1, 0.15) is 31.2 Å². The fourth-order valence-corrected chi connectivity index (χ4v) is 3.11. The average molecular weight is 330 g/mol. The molecule has 0 heterocycles. The summed E-state index contributed by atoms with van der Waals surface area (Å²) in [4.78, 5) is 23.4. The van der Waals surface area contributed by atoms with Gasteiger partial charge in [-0.3, -0.25) is 9.59 Å². The van der Waals surface area contributed by atoms with Crippen LogP contribution in [0, 0.1) is 18.8 Å². The van der Waals surface area contributed by atoms with E-state index >= 15 is 0 Å². The number of hydrogen-bond acceptors (Lipinski definition) is 2. The highest BCUT2D eigenvalue weighted by atomic mass is 35.5. The zero-order chi connectivity index (χ0) is 15.6. The highest BCUT2D eigenvalue weighted by Crippen LogP contribution is 2.35. The number of halogens is 2. The van der Waals surface area contributed by atoms with Gasteiger partial charge in [0.2, 0.25) is 5.91 Å². The minimum absolute atomic E-state index is 0.213. The Balaban J connectivity index is 2.11. The van der Waals surface area contributed by atoms with Gasteiger partial charge in [0.05, 0.1) is 21.7 Å². The molecule has 2 N–H and O–H groups in total. The van der Waals surface area contributed by atoms with Gasteiger partial charge < -0.3 is 10.4 Å². The lowest BCUT2D eigenvalue weighted by atomic mass is 9.81. The Bertz CT molecular complexity index is 574. The summed E-state index contributed by atoms with van der Waals surface area (Å²) in [5, 5.41) is 12.6. The van der Waals surface area contributed by atoms with E-state index in [1.807, 2.05) is 6.92 Å². The molecule has 21 heavy (non-hydrogen) atoms. The van der Waals surface area contributed by atoms with Crippen molar-refractivity contribution in [3.63, 3.8) is 0 Å². The van der Waals surface area contributed by atoms with Crippen LogP contribution in [0.4, 0.5) is 5.69 Å². The molecule has 1 aromatic rings. The summed E-state index contributed by atoms with van der Waals surface area (Å²) in [5.74, 6) is -1.81. The van der Waals surface area contributed by atoms with Crippen LogP contribution in [-0.4, -0.2) is 17.0 Å². The van der Waals surface area contributed by atoms with E-state index in [0.717, 1.165) is 12.0 Å². The van der Waals surface area contributed by atoms with Crippen molar-refractivity contribution < 1.29 is 14.7 Å². The molecule has 0 saturated heterocycles. The number of aryl methyl sites for hydroxylation is 1. The molecule has 6 heteroatoms. The van der Waals surface area contributed by atoms with E-state index in [1.165, 1.54) is 0 Å². The van der Waals surface area contributed by atoms with E-state index in [1.54, 1.807) is 12.1 Å². The smallest absolute Gasteiger partial charge is 0.306 e. The van der Waals surface area contributed by atoms with Crippen molar-refractivity contribution >= 4 is 40.8 Å². The molecule has 2 atom stereocenters. The number of amides is 1. The number of hydrogen-bond donors (Lipinski definition) is 2. The molecule has 2 rings (SSSR count). The minimum atomic E-state index is -0.834. The molecule has 0 aliphatic heterocycles. The molecule has 1 aliphatic rings. The summed E-state index contributed by atoms with van der Waals surface area (Å²) in [7, 11) is 0. The van der Waals surface area contributed by atoms with Gasteiger partial charge in [0.25, 0.3) is 0 Å². The number of carboxylic acid groups (broad SMARTS) is 1. The lowest BCUT2D eigenvalue weighted by Gasteiger charge is -2.26. The Morgan fingerprint density at radius 1 is 1.24 bits per heavy atom. The Kier molecular flexibility index (Phi) is 5.12. The third-order valence-corrected chi connectivity index (χ3v) is 4.73. The number of carbonyl (C=O) groups excluding carboxylic acids is 1. The van der Waals surface area contributed by atoms with E-state index < -0.39 is 11.9 Å². The molecular weight excluding hydrogens is 313 g/mol. The predicted molar refractivity (Wildman–Crippen MR) is 82.9 cm³/mol. The van der Waals surface area contributed by atoms with Crippen LogP contribution in [0.15, 0.2) is 12.1 Å². The Morgan fingerprint density at radius 3 is 2.57 bits per heavy atom. The first-order chi connectivity index (χ1) is 9.90. The van der Waals surface area contributed by atoms with Crippen molar-refractivity contribution in [3.8, 4) is 0 Å². The first-order valence-corrected chi connectivity index (χ1v) is 7.64. The minimum Gasteiger partial charge on any atom is -0.481 e. The van der Waals surface area contributed by atoms with Gasteiger partial charge in [-0.05, 0) is 37.8 Å². The summed E-state index contributed by atoms with van der Waals surface area (Å²) >= 11 is 12.2. The standard InChI is InChI=1S/C15H17Cl2NO3/c1-8-5-6-11(16)13(12(8)17)18-14(19)9-3-2-4-10(7-9)15(20)21/h5-6,9-10H,2-4,7H2,1H3,(H,18,19)(H,20,21). The third-order valence-electron chi connectivity index (χ3n) is 3.93. The van der Waals surface area contributed by atoms with Gasteiger partial charge in [-0.25, -0.2) is 0 Å². The fourth-order valence-electron chi connectivity index (χ4n) is 2.65. The number of carbonyl (C=O) groups is 2. The topological polar surface area (TPSA) is 66.4 Å². The maximum atomic E-state index is 12.3. The molecule has 0 bridgehead atoms. The van der Waals surface area contributed by atoms with Crippen LogP contribution in [0.2, 0.25) is 10.0 Å². The van der Waals surface area contributed by atoms with E-state index in [4.69, 9.17) is 28.3 Å². The normalized spacial score (nSPS) is 21.9. The van der Waals surface area contributed by atoms with Gasteiger partial charge in [0.1, 0.15) is 0 Å². The van der Waals surface area contributed by atoms with Crippen LogP contribution in [0.5, 0.6) is 0 Å². The molecule has 1 aromatic carbocycles. The lowest BCUT2D eigenvalue weighted by Crippen LogP contribution is -2.31. The van der Waals surface area contributed by atoms with Crippen molar-refractivity contribution in [3.05, 3.63) is 27.7 Å². The van der Waals surface area contributed by atoms with Crippen LogP contribution < -0.4 is 5.32 Å². The second-order valence-corrected chi connectivity index (χ2v) is 6.23. The summed E-state index contributed by atoms with van der Waals surface area (Å²) in [6, 6.07) is 3.46. The molecular formula is C15H17Cl2NO3. The molecule has 4 nitrogen and oxygen atoms in total. The summed E-state index contributed by atoms with van der Waals surface area (Å²) in [5.41, 5.74) is 1.23. The highest BCUT2D eigenvalue weighted by molar-refractivity contribution is 6.40. The number of carboxylic acids is 1. The molecule has 1 saturated carbocycles. The van der Waals surface area contributed by atoms with Crippen molar-refractivity contribution in [1.29, 1.82) is 0 Å². The number of aliphatic carboxylic acids is 1. The third kappa shape index (κ3) is 3.69. The largest absolute Gasteiger partial charge is 0.481 e. The van der Waals surface area contributed by atoms with Crippen LogP contribution in [0.3, 0.4) is 0 Å².